The topological polar surface area (TPSA) is 67.5 Å². The lowest BCUT2D eigenvalue weighted by Gasteiger charge is -1.93. The smallest absolute Gasteiger partial charge is 0.332 e. The van der Waals surface area contributed by atoms with E-state index in [1.54, 1.807) is 0 Å². The van der Waals surface area contributed by atoms with Gasteiger partial charge in [0.1, 0.15) is 0 Å². The van der Waals surface area contributed by atoms with E-state index in [0.717, 1.165) is 23.6 Å². The molecular formula is C5H9N3OS. The highest BCUT2D eigenvalue weighted by Crippen LogP contribution is 2.13. The predicted molar refractivity (Wildman–Crippen MR) is 42.1 cm³/mol. The van der Waals surface area contributed by atoms with E-state index in [4.69, 9.17) is 5.73 Å². The van der Waals surface area contributed by atoms with Gasteiger partial charge in [0, 0.05) is 11.5 Å². The molecule has 56 valence electrons. The summed E-state index contributed by atoms with van der Waals surface area (Å²) in [5.41, 5.74) is 8.02. The van der Waals surface area contributed by atoms with Crippen LogP contribution in [0, 0.1) is 0 Å². The van der Waals surface area contributed by atoms with Crippen molar-refractivity contribution in [3.63, 3.8) is 0 Å². The summed E-state index contributed by atoms with van der Waals surface area (Å²) < 4.78 is 0. The quantitative estimate of drug-likeness (QED) is 0.535. The van der Waals surface area contributed by atoms with Gasteiger partial charge in [0.05, 0.1) is 0 Å². The summed E-state index contributed by atoms with van der Waals surface area (Å²) in [6.45, 7) is 0. The van der Waals surface area contributed by atoms with E-state index < -0.39 is 6.03 Å². The second kappa shape index (κ2) is 3.46. The number of urea groups is 1. The van der Waals surface area contributed by atoms with Crippen LogP contribution in [0.2, 0.25) is 0 Å². The Kier molecular flexibility index (Phi) is 2.56. The van der Waals surface area contributed by atoms with Gasteiger partial charge in [-0.3, -0.25) is 0 Å². The molecule has 1 heterocycles. The Bertz CT molecular complexity index is 160. The van der Waals surface area contributed by atoms with Crippen molar-refractivity contribution < 1.29 is 4.79 Å². The molecule has 5 heteroatoms. The zero-order chi connectivity index (χ0) is 7.40. The van der Waals surface area contributed by atoms with Crippen LogP contribution in [0.25, 0.3) is 0 Å². The summed E-state index contributed by atoms with van der Waals surface area (Å²) >= 11 is 1.81. The molecule has 0 unspecified atom stereocenters. The normalized spacial score (nSPS) is 21.4. The summed E-state index contributed by atoms with van der Waals surface area (Å²) in [6.07, 6.45) is 0.963. The Hall–Kier alpha value is -0.710. The van der Waals surface area contributed by atoms with Crippen molar-refractivity contribution in [2.45, 2.75) is 6.42 Å². The molecule has 0 saturated carbocycles. The standard InChI is InChI=1S/C5H9N3OS/c6-5(9)8-7-4-1-2-10-3-4/h1-3H2,(H3,6,8,9)/b7-4-. The zero-order valence-corrected chi connectivity index (χ0v) is 6.28. The molecule has 0 radical (unpaired) electrons. The molecule has 2 amide bonds. The van der Waals surface area contributed by atoms with E-state index >= 15 is 0 Å². The Morgan fingerprint density at radius 2 is 2.60 bits per heavy atom. The number of nitrogens with two attached hydrogens (primary N) is 1. The van der Waals surface area contributed by atoms with Gasteiger partial charge < -0.3 is 5.73 Å². The third-order valence-corrected chi connectivity index (χ3v) is 2.16. The first-order valence-corrected chi connectivity index (χ1v) is 4.13. The lowest BCUT2D eigenvalue weighted by atomic mass is 10.3. The summed E-state index contributed by atoms with van der Waals surface area (Å²) in [7, 11) is 0. The van der Waals surface area contributed by atoms with Crippen molar-refractivity contribution in [2.24, 2.45) is 10.8 Å². The average molecular weight is 159 g/mol. The van der Waals surface area contributed by atoms with Gasteiger partial charge in [0.2, 0.25) is 0 Å². The van der Waals surface area contributed by atoms with Crippen LogP contribution in [0.3, 0.4) is 0 Å². The van der Waals surface area contributed by atoms with Crippen molar-refractivity contribution >= 4 is 23.5 Å². The van der Waals surface area contributed by atoms with Crippen LogP contribution in [-0.2, 0) is 0 Å². The highest BCUT2D eigenvalue weighted by molar-refractivity contribution is 8.00. The summed E-state index contributed by atoms with van der Waals surface area (Å²) in [5.74, 6) is 2.01. The van der Waals surface area contributed by atoms with E-state index in [2.05, 4.69) is 10.5 Å². The van der Waals surface area contributed by atoms with E-state index in [1.165, 1.54) is 0 Å². The number of nitrogens with zero attached hydrogens (tertiary/aromatic N) is 1. The molecule has 0 spiro atoms. The molecule has 0 bridgehead atoms. The van der Waals surface area contributed by atoms with E-state index in [0.29, 0.717) is 0 Å². The monoisotopic (exact) mass is 159 g/mol. The zero-order valence-electron chi connectivity index (χ0n) is 5.46. The number of primary amides is 1. The lowest BCUT2D eigenvalue weighted by Crippen LogP contribution is -2.25. The van der Waals surface area contributed by atoms with Crippen LogP contribution in [-0.4, -0.2) is 23.2 Å². The van der Waals surface area contributed by atoms with Crippen LogP contribution < -0.4 is 11.2 Å². The third kappa shape index (κ3) is 2.26. The molecule has 1 rings (SSSR count). The van der Waals surface area contributed by atoms with Crippen molar-refractivity contribution in [1.82, 2.24) is 5.43 Å². The van der Waals surface area contributed by atoms with Gasteiger partial charge in [-0.1, -0.05) is 0 Å². The number of hydrazone groups is 1. The van der Waals surface area contributed by atoms with Crippen LogP contribution in [0.1, 0.15) is 6.42 Å². The molecule has 0 aliphatic carbocycles. The fourth-order valence-corrected chi connectivity index (χ4v) is 1.64. The number of hydrogen-bond acceptors (Lipinski definition) is 3. The SMILES string of the molecule is NC(=O)N/N=C1/CCSC1. The fraction of sp³-hybridized carbons (Fsp3) is 0.600. The maximum absolute atomic E-state index is 10.2. The van der Waals surface area contributed by atoms with Gasteiger partial charge in [0.25, 0.3) is 0 Å². The molecule has 0 aromatic carbocycles. The molecule has 4 nitrogen and oxygen atoms in total. The summed E-state index contributed by atoms with van der Waals surface area (Å²) in [6, 6.07) is -0.593. The van der Waals surface area contributed by atoms with Crippen molar-refractivity contribution in [3.05, 3.63) is 0 Å². The molecule has 10 heavy (non-hydrogen) atoms. The Labute approximate surface area is 63.2 Å². The number of amides is 2. The number of hydrogen-bond donors (Lipinski definition) is 2. The third-order valence-electron chi connectivity index (χ3n) is 1.13. The maximum Gasteiger partial charge on any atom is 0.332 e. The van der Waals surface area contributed by atoms with Crippen LogP contribution in [0.15, 0.2) is 5.10 Å². The Morgan fingerprint density at radius 1 is 1.80 bits per heavy atom. The maximum atomic E-state index is 10.2. The van der Waals surface area contributed by atoms with Gasteiger partial charge in [0.15, 0.2) is 0 Å². The molecule has 1 saturated heterocycles. The number of rotatable bonds is 1. The molecule has 1 fully saturated rings. The molecule has 1 aliphatic rings. The highest BCUT2D eigenvalue weighted by atomic mass is 32.2. The number of carbonyl (C=O) groups excluding carboxylic acids is 1. The highest BCUT2D eigenvalue weighted by Gasteiger charge is 2.07. The van der Waals surface area contributed by atoms with Gasteiger partial charge in [-0.15, -0.1) is 0 Å². The Balaban J connectivity index is 2.31. The number of thioether (sulfide) groups is 1. The van der Waals surface area contributed by atoms with Gasteiger partial charge >= 0.3 is 6.03 Å². The van der Waals surface area contributed by atoms with Crippen molar-refractivity contribution in [3.8, 4) is 0 Å². The fourth-order valence-electron chi connectivity index (χ4n) is 0.674. The van der Waals surface area contributed by atoms with E-state index in [1.807, 2.05) is 11.8 Å². The first kappa shape index (κ1) is 7.40. The van der Waals surface area contributed by atoms with Crippen molar-refractivity contribution in [1.29, 1.82) is 0 Å². The molecule has 0 aromatic heterocycles. The van der Waals surface area contributed by atoms with Gasteiger partial charge in [-0.05, 0) is 12.2 Å². The van der Waals surface area contributed by atoms with E-state index in [9.17, 15) is 4.79 Å². The molecule has 0 atom stereocenters. The molecular weight excluding hydrogens is 150 g/mol. The minimum Gasteiger partial charge on any atom is -0.350 e. The van der Waals surface area contributed by atoms with Crippen LogP contribution in [0.4, 0.5) is 4.79 Å². The second-order valence-corrected chi connectivity index (χ2v) is 3.06. The first-order chi connectivity index (χ1) is 4.79. The summed E-state index contributed by atoms with van der Waals surface area (Å²) in [4.78, 5) is 10.2. The largest absolute Gasteiger partial charge is 0.350 e. The van der Waals surface area contributed by atoms with Gasteiger partial charge in [-0.25, -0.2) is 10.2 Å². The summed E-state index contributed by atoms with van der Waals surface area (Å²) in [5, 5.41) is 3.79. The number of carbonyl (C=O) groups is 1. The lowest BCUT2D eigenvalue weighted by molar-refractivity contribution is 0.249. The molecule has 1 aliphatic heterocycles. The first-order valence-electron chi connectivity index (χ1n) is 2.97. The van der Waals surface area contributed by atoms with Crippen LogP contribution in [0.5, 0.6) is 0 Å². The average Bonchev–Trinajstić information content (AvgIpc) is 2.34. The van der Waals surface area contributed by atoms with Crippen molar-refractivity contribution in [2.75, 3.05) is 11.5 Å². The molecule has 0 aromatic rings. The minimum absolute atomic E-state index is 0.593. The van der Waals surface area contributed by atoms with E-state index in [-0.39, 0.29) is 0 Å². The minimum atomic E-state index is -0.593. The van der Waals surface area contributed by atoms with Gasteiger partial charge in [-0.2, -0.15) is 16.9 Å². The van der Waals surface area contributed by atoms with Crippen LogP contribution >= 0.6 is 11.8 Å². The predicted octanol–water partition coefficient (Wildman–Crippen LogP) is 0.148. The second-order valence-electron chi connectivity index (χ2n) is 1.96. The Morgan fingerprint density at radius 3 is 3.10 bits per heavy atom. The number of nitrogens with one attached hydrogen (secondary N) is 1. The molecule has 3 N–H and O–H groups in total.